The summed E-state index contributed by atoms with van der Waals surface area (Å²) in [7, 11) is 3.54. The van der Waals surface area contributed by atoms with Crippen LogP contribution >= 0.6 is 11.6 Å². The van der Waals surface area contributed by atoms with E-state index in [4.69, 9.17) is 16.3 Å². The highest BCUT2D eigenvalue weighted by atomic mass is 35.5. The third-order valence-corrected chi connectivity index (χ3v) is 7.36. The number of nitrogens with zero attached hydrogens (tertiary/aromatic N) is 1. The summed E-state index contributed by atoms with van der Waals surface area (Å²) in [4.78, 5) is 51.8. The quantitative estimate of drug-likeness (QED) is 0.217. The van der Waals surface area contributed by atoms with E-state index in [0.717, 1.165) is 0 Å². The lowest BCUT2D eigenvalue weighted by atomic mass is 9.73. The monoisotopic (exact) mass is 574 g/mol. The third-order valence-electron chi connectivity index (χ3n) is 7.11. The van der Waals surface area contributed by atoms with Crippen LogP contribution in [0.2, 0.25) is 5.02 Å². The standard InChI is InChI=1S/C29H35ClN2O8/c1-16(35)10-25(36)22(15-34)18(8-9-33)11-17-12-21-24(32(2)3)14-23(28(38)27(21)26(37)13-17)31-29(39)40-20-6-4-19(30)5-7-20/h4-7,14,17-18,22,33-34,38H,8-13,15H2,1-3H3,(H,31,39)/t17-,18-,22?/m1/s1. The van der Waals surface area contributed by atoms with Crippen LogP contribution in [-0.2, 0) is 16.0 Å². The van der Waals surface area contributed by atoms with Crippen molar-refractivity contribution in [3.63, 3.8) is 0 Å². The number of ketones is 3. The molecule has 40 heavy (non-hydrogen) atoms. The van der Waals surface area contributed by atoms with Crippen LogP contribution in [-0.4, -0.2) is 66.1 Å². The Bertz CT molecular complexity index is 1260. The number of nitrogens with one attached hydrogen (secondary N) is 1. The third kappa shape index (κ3) is 7.59. The SMILES string of the molecule is CC(=O)CC(=O)C(CO)[C@H](CCO)C[C@H]1CC(=O)c2c(O)c(NC(=O)Oc3ccc(Cl)cc3)cc(N(C)C)c2C1. The van der Waals surface area contributed by atoms with Gasteiger partial charge in [0.2, 0.25) is 0 Å². The number of halogens is 1. The minimum Gasteiger partial charge on any atom is -0.505 e. The fourth-order valence-corrected chi connectivity index (χ4v) is 5.43. The van der Waals surface area contributed by atoms with Crippen molar-refractivity contribution in [3.8, 4) is 11.5 Å². The lowest BCUT2D eigenvalue weighted by Crippen LogP contribution is -2.33. The zero-order valence-corrected chi connectivity index (χ0v) is 23.5. The van der Waals surface area contributed by atoms with Gasteiger partial charge in [0.1, 0.15) is 23.1 Å². The van der Waals surface area contributed by atoms with Crippen molar-refractivity contribution in [2.24, 2.45) is 17.8 Å². The number of rotatable bonds is 12. The predicted molar refractivity (Wildman–Crippen MR) is 150 cm³/mol. The van der Waals surface area contributed by atoms with Gasteiger partial charge >= 0.3 is 6.09 Å². The molecule has 0 saturated heterocycles. The van der Waals surface area contributed by atoms with Gasteiger partial charge < -0.3 is 25.0 Å². The molecule has 1 amide bonds. The Morgan fingerprint density at radius 1 is 1.15 bits per heavy atom. The fraction of sp³-hybridized carbons (Fsp3) is 0.448. The van der Waals surface area contributed by atoms with Gasteiger partial charge in [0.05, 0.1) is 24.3 Å². The first-order chi connectivity index (χ1) is 18.9. The molecule has 216 valence electrons. The van der Waals surface area contributed by atoms with Gasteiger partial charge in [-0.1, -0.05) is 11.6 Å². The number of carbonyl (C=O) groups is 4. The molecule has 0 fully saturated rings. The lowest BCUT2D eigenvalue weighted by Gasteiger charge is -2.33. The van der Waals surface area contributed by atoms with Crippen LogP contribution in [0.4, 0.5) is 16.2 Å². The zero-order chi connectivity index (χ0) is 29.6. The molecule has 0 spiro atoms. The lowest BCUT2D eigenvalue weighted by molar-refractivity contribution is -0.131. The maximum atomic E-state index is 13.4. The summed E-state index contributed by atoms with van der Waals surface area (Å²) in [5.74, 6) is -2.64. The van der Waals surface area contributed by atoms with Crippen molar-refractivity contribution in [2.45, 2.75) is 39.0 Å². The van der Waals surface area contributed by atoms with Gasteiger partial charge in [-0.15, -0.1) is 0 Å². The van der Waals surface area contributed by atoms with E-state index in [0.29, 0.717) is 29.1 Å². The predicted octanol–water partition coefficient (Wildman–Crippen LogP) is 4.01. The number of Topliss-reactive ketones (excluding diaryl/α,β-unsaturated/α-hetero) is 3. The Morgan fingerprint density at radius 2 is 1.82 bits per heavy atom. The number of phenols is 1. The maximum absolute atomic E-state index is 13.4. The molecule has 2 aromatic carbocycles. The molecule has 1 aliphatic carbocycles. The van der Waals surface area contributed by atoms with Crippen LogP contribution in [0.1, 0.15) is 48.5 Å². The molecule has 11 heteroatoms. The highest BCUT2D eigenvalue weighted by molar-refractivity contribution is 6.30. The van der Waals surface area contributed by atoms with Gasteiger partial charge in [-0.05, 0) is 73.9 Å². The van der Waals surface area contributed by atoms with Gasteiger partial charge in [-0.3, -0.25) is 19.7 Å². The van der Waals surface area contributed by atoms with Gasteiger partial charge in [-0.2, -0.15) is 0 Å². The number of benzene rings is 2. The number of phenolic OH excluding ortho intramolecular Hbond substituents is 1. The first-order valence-corrected chi connectivity index (χ1v) is 13.4. The molecule has 2 aromatic rings. The Hall–Kier alpha value is -3.47. The van der Waals surface area contributed by atoms with Gasteiger partial charge in [0, 0.05) is 43.8 Å². The van der Waals surface area contributed by atoms with Crippen LogP contribution in [0.15, 0.2) is 30.3 Å². The van der Waals surface area contributed by atoms with Crippen molar-refractivity contribution in [1.82, 2.24) is 0 Å². The van der Waals surface area contributed by atoms with Crippen LogP contribution in [0, 0.1) is 17.8 Å². The number of hydrogen-bond donors (Lipinski definition) is 4. The minimum absolute atomic E-state index is 0.0153. The largest absolute Gasteiger partial charge is 0.505 e. The van der Waals surface area contributed by atoms with Crippen molar-refractivity contribution in [1.29, 1.82) is 0 Å². The Kier molecular flexibility index (Phi) is 10.7. The minimum atomic E-state index is -0.861. The molecule has 0 saturated carbocycles. The van der Waals surface area contributed by atoms with Crippen molar-refractivity contribution in [2.75, 3.05) is 37.5 Å². The van der Waals surface area contributed by atoms with E-state index < -0.39 is 24.5 Å². The van der Waals surface area contributed by atoms with Crippen LogP contribution in [0.5, 0.6) is 11.5 Å². The topological polar surface area (TPSA) is 153 Å². The summed E-state index contributed by atoms with van der Waals surface area (Å²) in [6.07, 6.45) is -0.112. The second-order valence-electron chi connectivity index (χ2n) is 10.3. The normalized spacial score (nSPS) is 16.1. The van der Waals surface area contributed by atoms with Crippen molar-refractivity contribution in [3.05, 3.63) is 46.5 Å². The average molecular weight is 575 g/mol. The van der Waals surface area contributed by atoms with Crippen LogP contribution < -0.4 is 15.0 Å². The summed E-state index contributed by atoms with van der Waals surface area (Å²) in [5, 5.41) is 33.6. The molecule has 0 radical (unpaired) electrons. The molecule has 3 rings (SSSR count). The number of ether oxygens (including phenoxy) is 1. The van der Waals surface area contributed by atoms with E-state index in [1.807, 2.05) is 0 Å². The fourth-order valence-electron chi connectivity index (χ4n) is 5.30. The Labute approximate surface area is 237 Å². The summed E-state index contributed by atoms with van der Waals surface area (Å²) in [6.45, 7) is 0.634. The maximum Gasteiger partial charge on any atom is 0.417 e. The molecule has 0 heterocycles. The molecular formula is C29H35ClN2O8. The first kappa shape index (κ1) is 31.1. The second kappa shape index (κ2) is 13.7. The molecule has 0 aliphatic heterocycles. The van der Waals surface area contributed by atoms with E-state index in [9.17, 15) is 34.5 Å². The summed E-state index contributed by atoms with van der Waals surface area (Å²) >= 11 is 5.86. The van der Waals surface area contributed by atoms with Gasteiger partial charge in [0.15, 0.2) is 5.78 Å². The van der Waals surface area contributed by atoms with E-state index in [2.05, 4.69) is 5.32 Å². The van der Waals surface area contributed by atoms with Crippen LogP contribution in [0.3, 0.4) is 0 Å². The summed E-state index contributed by atoms with van der Waals surface area (Å²) in [6, 6.07) is 7.72. The van der Waals surface area contributed by atoms with Crippen molar-refractivity contribution >= 4 is 46.4 Å². The number of carbonyl (C=O) groups excluding carboxylic acids is 4. The number of hydrogen-bond acceptors (Lipinski definition) is 9. The van der Waals surface area contributed by atoms with E-state index in [-0.39, 0.29) is 71.9 Å². The molecular weight excluding hydrogens is 540 g/mol. The van der Waals surface area contributed by atoms with Gasteiger partial charge in [0.25, 0.3) is 0 Å². The second-order valence-corrected chi connectivity index (χ2v) is 10.8. The number of amides is 1. The average Bonchev–Trinajstić information content (AvgIpc) is 2.86. The number of aliphatic hydroxyl groups excluding tert-OH is 2. The summed E-state index contributed by atoms with van der Waals surface area (Å²) < 4.78 is 5.25. The molecule has 1 aliphatic rings. The number of fused-ring (bicyclic) bond motifs is 1. The highest BCUT2D eigenvalue weighted by Crippen LogP contribution is 2.44. The Balaban J connectivity index is 1.87. The summed E-state index contributed by atoms with van der Waals surface area (Å²) in [5.41, 5.74) is 1.33. The molecule has 4 N–H and O–H groups in total. The number of aliphatic hydroxyl groups is 2. The molecule has 0 aromatic heterocycles. The molecule has 10 nitrogen and oxygen atoms in total. The Morgan fingerprint density at radius 3 is 2.40 bits per heavy atom. The van der Waals surface area contributed by atoms with E-state index >= 15 is 0 Å². The molecule has 3 atom stereocenters. The zero-order valence-electron chi connectivity index (χ0n) is 22.8. The molecule has 1 unspecified atom stereocenters. The van der Waals surface area contributed by atoms with E-state index in [1.165, 1.54) is 19.1 Å². The van der Waals surface area contributed by atoms with Crippen LogP contribution in [0.25, 0.3) is 0 Å². The number of aromatic hydroxyl groups is 1. The van der Waals surface area contributed by atoms with Crippen molar-refractivity contribution < 1.29 is 39.2 Å². The highest BCUT2D eigenvalue weighted by Gasteiger charge is 2.36. The van der Waals surface area contributed by atoms with Gasteiger partial charge in [-0.25, -0.2) is 4.79 Å². The first-order valence-electron chi connectivity index (χ1n) is 13.0. The number of anilines is 2. The van der Waals surface area contributed by atoms with E-state index in [1.54, 1.807) is 37.2 Å². The molecule has 0 bridgehead atoms. The smallest absolute Gasteiger partial charge is 0.417 e.